The fourth-order valence-electron chi connectivity index (χ4n) is 1.52. The van der Waals surface area contributed by atoms with Gasteiger partial charge in [-0.25, -0.2) is 0 Å². The van der Waals surface area contributed by atoms with Gasteiger partial charge >= 0.3 is 0 Å². The molecule has 0 aliphatic heterocycles. The van der Waals surface area contributed by atoms with Gasteiger partial charge in [-0.1, -0.05) is 6.92 Å². The van der Waals surface area contributed by atoms with Crippen LogP contribution in [0.3, 0.4) is 0 Å². The van der Waals surface area contributed by atoms with E-state index in [0.717, 1.165) is 36.2 Å². The lowest BCUT2D eigenvalue weighted by atomic mass is 10.3. The molecule has 1 N–H and O–H groups in total. The lowest BCUT2D eigenvalue weighted by Gasteiger charge is -2.10. The molecule has 0 fully saturated rings. The van der Waals surface area contributed by atoms with Crippen molar-refractivity contribution in [3.8, 4) is 0 Å². The number of rotatable bonds is 6. The van der Waals surface area contributed by atoms with Gasteiger partial charge in [-0.15, -0.1) is 0 Å². The van der Waals surface area contributed by atoms with Gasteiger partial charge in [0.2, 0.25) is 0 Å². The van der Waals surface area contributed by atoms with Gasteiger partial charge in [-0.05, 0) is 36.4 Å². The Bertz CT molecular complexity index is 333. The minimum atomic E-state index is 0.859. The lowest BCUT2D eigenvalue weighted by molar-refractivity contribution is 0.398. The monoisotopic (exact) mass is 288 g/mol. The third kappa shape index (κ3) is 3.57. The van der Waals surface area contributed by atoms with E-state index >= 15 is 0 Å². The van der Waals surface area contributed by atoms with Crippen molar-refractivity contribution in [3.05, 3.63) is 15.9 Å². The van der Waals surface area contributed by atoms with Crippen molar-refractivity contribution in [1.82, 2.24) is 20.0 Å². The van der Waals surface area contributed by atoms with E-state index in [4.69, 9.17) is 0 Å². The number of hydrogen-bond acceptors (Lipinski definition) is 3. The quantitative estimate of drug-likeness (QED) is 0.804. The molecule has 0 aliphatic carbocycles. The van der Waals surface area contributed by atoms with E-state index in [9.17, 15) is 0 Å². The molecular formula is C11H21BrN4. The molecule has 0 aliphatic rings. The molecule has 0 atom stereocenters. The summed E-state index contributed by atoms with van der Waals surface area (Å²) in [6.07, 6.45) is 0.964. The topological polar surface area (TPSA) is 33.1 Å². The van der Waals surface area contributed by atoms with Crippen LogP contribution < -0.4 is 5.32 Å². The van der Waals surface area contributed by atoms with E-state index in [2.05, 4.69) is 52.3 Å². The molecule has 1 rings (SSSR count). The molecule has 0 amide bonds. The molecule has 0 saturated heterocycles. The summed E-state index contributed by atoms with van der Waals surface area (Å²) in [5.74, 6) is 0. The third-order valence-electron chi connectivity index (χ3n) is 2.53. The first-order chi connectivity index (χ1) is 7.56. The molecule has 0 unspecified atom stereocenters. The molecule has 0 spiro atoms. The number of halogens is 1. The third-order valence-corrected chi connectivity index (χ3v) is 3.45. The van der Waals surface area contributed by atoms with Crippen molar-refractivity contribution >= 4 is 15.9 Å². The highest BCUT2D eigenvalue weighted by molar-refractivity contribution is 9.10. The molecule has 1 aromatic rings. The van der Waals surface area contributed by atoms with Crippen molar-refractivity contribution < 1.29 is 0 Å². The number of nitrogens with zero attached hydrogens (tertiary/aromatic N) is 3. The highest BCUT2D eigenvalue weighted by Gasteiger charge is 2.11. The second-order valence-corrected chi connectivity index (χ2v) is 4.96. The zero-order chi connectivity index (χ0) is 12.1. The molecule has 0 radical (unpaired) electrons. The van der Waals surface area contributed by atoms with Gasteiger partial charge in [0.25, 0.3) is 0 Å². The van der Waals surface area contributed by atoms with E-state index in [1.54, 1.807) is 0 Å². The van der Waals surface area contributed by atoms with Gasteiger partial charge in [-0.2, -0.15) is 5.10 Å². The van der Waals surface area contributed by atoms with Gasteiger partial charge in [0.05, 0.1) is 15.9 Å². The SMILES string of the molecule is CCc1nn(C)c(CNCCN(C)C)c1Br. The molecule has 0 saturated carbocycles. The van der Waals surface area contributed by atoms with Crippen LogP contribution in [0, 0.1) is 0 Å². The fourth-order valence-corrected chi connectivity index (χ4v) is 2.28. The van der Waals surface area contributed by atoms with E-state index in [0.29, 0.717) is 0 Å². The summed E-state index contributed by atoms with van der Waals surface area (Å²) in [5.41, 5.74) is 2.35. The number of aryl methyl sites for hydroxylation is 2. The highest BCUT2D eigenvalue weighted by Crippen LogP contribution is 2.21. The molecule has 5 heteroatoms. The Hall–Kier alpha value is -0.390. The van der Waals surface area contributed by atoms with E-state index in [-0.39, 0.29) is 0 Å². The van der Waals surface area contributed by atoms with Crippen LogP contribution in [-0.2, 0) is 20.0 Å². The first kappa shape index (κ1) is 13.7. The van der Waals surface area contributed by atoms with Crippen LogP contribution in [0.25, 0.3) is 0 Å². The lowest BCUT2D eigenvalue weighted by Crippen LogP contribution is -2.26. The van der Waals surface area contributed by atoms with Gasteiger partial charge in [0.1, 0.15) is 0 Å². The fraction of sp³-hybridized carbons (Fsp3) is 0.727. The summed E-state index contributed by atoms with van der Waals surface area (Å²) >= 11 is 3.61. The smallest absolute Gasteiger partial charge is 0.0767 e. The first-order valence-corrected chi connectivity index (χ1v) is 6.41. The number of likely N-dealkylation sites (N-methyl/N-ethyl adjacent to an activating group) is 1. The van der Waals surface area contributed by atoms with Gasteiger partial charge in [0.15, 0.2) is 0 Å². The molecule has 16 heavy (non-hydrogen) atoms. The Balaban J connectivity index is 2.50. The summed E-state index contributed by atoms with van der Waals surface area (Å²) in [6.45, 7) is 5.02. The van der Waals surface area contributed by atoms with Crippen LogP contribution in [0.2, 0.25) is 0 Å². The van der Waals surface area contributed by atoms with Crippen molar-refractivity contribution in [1.29, 1.82) is 0 Å². The largest absolute Gasteiger partial charge is 0.310 e. The van der Waals surface area contributed by atoms with Crippen molar-refractivity contribution in [2.45, 2.75) is 19.9 Å². The predicted octanol–water partition coefficient (Wildman–Crippen LogP) is 1.40. The summed E-state index contributed by atoms with van der Waals surface area (Å²) in [6, 6.07) is 0. The van der Waals surface area contributed by atoms with Crippen LogP contribution in [-0.4, -0.2) is 41.9 Å². The maximum absolute atomic E-state index is 4.46. The Morgan fingerprint density at radius 1 is 1.44 bits per heavy atom. The van der Waals surface area contributed by atoms with Gasteiger partial charge in [0, 0.05) is 26.7 Å². The number of nitrogens with one attached hydrogen (secondary N) is 1. The molecule has 0 bridgehead atoms. The predicted molar refractivity (Wildman–Crippen MR) is 70.5 cm³/mol. The standard InChI is InChI=1S/C11H21BrN4/c1-5-9-11(12)10(16(4)14-9)8-13-6-7-15(2)3/h13H,5-8H2,1-4H3. The zero-order valence-corrected chi connectivity index (χ0v) is 12.1. The molecule has 4 nitrogen and oxygen atoms in total. The van der Waals surface area contributed by atoms with E-state index < -0.39 is 0 Å². The van der Waals surface area contributed by atoms with Crippen molar-refractivity contribution in [3.63, 3.8) is 0 Å². The number of hydrogen-bond donors (Lipinski definition) is 1. The minimum Gasteiger partial charge on any atom is -0.310 e. The van der Waals surface area contributed by atoms with Gasteiger partial charge in [-0.3, -0.25) is 4.68 Å². The Labute approximate surface area is 106 Å². The summed E-state index contributed by atoms with van der Waals surface area (Å²) in [7, 11) is 6.15. The summed E-state index contributed by atoms with van der Waals surface area (Å²) in [5, 5.41) is 7.88. The van der Waals surface area contributed by atoms with Crippen LogP contribution in [0.1, 0.15) is 18.3 Å². The van der Waals surface area contributed by atoms with Crippen LogP contribution in [0.5, 0.6) is 0 Å². The van der Waals surface area contributed by atoms with Gasteiger partial charge < -0.3 is 10.2 Å². The average molecular weight is 289 g/mol. The highest BCUT2D eigenvalue weighted by atomic mass is 79.9. The molecule has 92 valence electrons. The Kier molecular flexibility index (Phi) is 5.44. The Morgan fingerprint density at radius 3 is 2.62 bits per heavy atom. The molecule has 1 heterocycles. The molecule has 0 aromatic carbocycles. The average Bonchev–Trinajstić information content (AvgIpc) is 2.50. The normalized spacial score (nSPS) is 11.4. The second kappa shape index (κ2) is 6.37. The first-order valence-electron chi connectivity index (χ1n) is 5.62. The van der Waals surface area contributed by atoms with Crippen LogP contribution in [0.15, 0.2) is 4.47 Å². The maximum atomic E-state index is 4.46. The van der Waals surface area contributed by atoms with E-state index in [1.165, 1.54) is 5.69 Å². The summed E-state index contributed by atoms with van der Waals surface area (Å²) < 4.78 is 3.10. The maximum Gasteiger partial charge on any atom is 0.0767 e. The van der Waals surface area contributed by atoms with Crippen LogP contribution >= 0.6 is 15.9 Å². The molecular weight excluding hydrogens is 268 g/mol. The van der Waals surface area contributed by atoms with Crippen molar-refractivity contribution in [2.75, 3.05) is 27.2 Å². The zero-order valence-electron chi connectivity index (χ0n) is 10.5. The van der Waals surface area contributed by atoms with E-state index in [1.807, 2.05) is 11.7 Å². The molecule has 1 aromatic heterocycles. The number of aromatic nitrogens is 2. The minimum absolute atomic E-state index is 0.859. The second-order valence-electron chi connectivity index (χ2n) is 4.16. The summed E-state index contributed by atoms with van der Waals surface area (Å²) in [4.78, 5) is 2.17. The Morgan fingerprint density at radius 2 is 2.12 bits per heavy atom. The van der Waals surface area contributed by atoms with Crippen molar-refractivity contribution in [2.24, 2.45) is 7.05 Å². The van der Waals surface area contributed by atoms with Crippen LogP contribution in [0.4, 0.5) is 0 Å².